The molecule has 1 aromatic carbocycles. The predicted molar refractivity (Wildman–Crippen MR) is 67.6 cm³/mol. The molecule has 2 N–H and O–H groups in total. The van der Waals surface area contributed by atoms with Gasteiger partial charge in [0.05, 0.1) is 4.90 Å². The van der Waals surface area contributed by atoms with Crippen LogP contribution >= 0.6 is 0 Å². The van der Waals surface area contributed by atoms with Crippen molar-refractivity contribution in [2.75, 3.05) is 0 Å². The maximum atomic E-state index is 12.0. The van der Waals surface area contributed by atoms with E-state index in [9.17, 15) is 13.2 Å². The molecule has 0 aliphatic rings. The number of benzene rings is 1. The molecule has 100 valence electrons. The highest BCUT2D eigenvalue weighted by Crippen LogP contribution is 2.13. The number of rotatable bonds is 6. The first-order valence-electron chi connectivity index (χ1n) is 5.68. The minimum absolute atomic E-state index is 0.0690. The van der Waals surface area contributed by atoms with Gasteiger partial charge in [0.25, 0.3) is 0 Å². The number of sulfonamides is 1. The molecule has 0 bridgehead atoms. The summed E-state index contributed by atoms with van der Waals surface area (Å²) in [6.07, 6.45) is 0.578. The Morgan fingerprint density at radius 3 is 2.33 bits per heavy atom. The number of aliphatic carboxylic acids is 1. The van der Waals surface area contributed by atoms with Crippen molar-refractivity contribution in [2.24, 2.45) is 5.92 Å². The molecule has 0 aliphatic heterocycles. The normalized spacial score (nSPS) is 15.0. The van der Waals surface area contributed by atoms with E-state index < -0.39 is 22.0 Å². The van der Waals surface area contributed by atoms with Gasteiger partial charge >= 0.3 is 5.97 Å². The third kappa shape index (κ3) is 3.54. The lowest BCUT2D eigenvalue weighted by molar-refractivity contribution is -0.140. The van der Waals surface area contributed by atoms with Gasteiger partial charge in [0, 0.05) is 0 Å². The Bertz CT molecular complexity index is 498. The smallest absolute Gasteiger partial charge is 0.322 e. The van der Waals surface area contributed by atoms with Crippen LogP contribution in [-0.2, 0) is 14.8 Å². The Labute approximate surface area is 107 Å². The van der Waals surface area contributed by atoms with Gasteiger partial charge < -0.3 is 5.11 Å². The number of carbonyl (C=O) groups is 1. The highest BCUT2D eigenvalue weighted by molar-refractivity contribution is 7.89. The van der Waals surface area contributed by atoms with E-state index in [1.54, 1.807) is 25.1 Å². The summed E-state index contributed by atoms with van der Waals surface area (Å²) in [6.45, 7) is 3.52. The molecule has 0 amide bonds. The Kier molecular flexibility index (Phi) is 4.86. The fourth-order valence-electron chi connectivity index (χ4n) is 1.48. The van der Waals surface area contributed by atoms with Crippen LogP contribution < -0.4 is 4.72 Å². The lowest BCUT2D eigenvalue weighted by Crippen LogP contribution is -2.44. The zero-order chi connectivity index (χ0) is 13.8. The molecule has 2 atom stereocenters. The molecule has 0 saturated carbocycles. The van der Waals surface area contributed by atoms with Gasteiger partial charge in [-0.1, -0.05) is 38.5 Å². The van der Waals surface area contributed by atoms with Crippen LogP contribution in [0.25, 0.3) is 0 Å². The van der Waals surface area contributed by atoms with Crippen LogP contribution in [0.1, 0.15) is 20.3 Å². The standard InChI is InChI=1S/C12H17NO4S/c1-3-9(2)11(12(14)15)13-18(16,17)10-7-5-4-6-8-10/h4-9,11,13H,3H2,1-2H3,(H,14,15)/t9-,11+/m1/s1. The minimum atomic E-state index is -3.79. The summed E-state index contributed by atoms with van der Waals surface area (Å²) in [5.41, 5.74) is 0. The van der Waals surface area contributed by atoms with Gasteiger partial charge in [-0.2, -0.15) is 4.72 Å². The molecular weight excluding hydrogens is 254 g/mol. The summed E-state index contributed by atoms with van der Waals surface area (Å²) in [6, 6.07) is 6.62. The van der Waals surface area contributed by atoms with Gasteiger partial charge in [-0.3, -0.25) is 4.79 Å². The van der Waals surface area contributed by atoms with Crippen LogP contribution in [0.3, 0.4) is 0 Å². The first kappa shape index (κ1) is 14.7. The summed E-state index contributed by atoms with van der Waals surface area (Å²) in [7, 11) is -3.79. The van der Waals surface area contributed by atoms with E-state index in [0.29, 0.717) is 6.42 Å². The SMILES string of the molecule is CC[C@@H](C)[C@H](NS(=O)(=O)c1ccccc1)C(=O)O. The summed E-state index contributed by atoms with van der Waals surface area (Å²) >= 11 is 0. The van der Waals surface area contributed by atoms with E-state index in [1.807, 2.05) is 6.92 Å². The summed E-state index contributed by atoms with van der Waals surface area (Å²) in [5, 5.41) is 9.06. The highest BCUT2D eigenvalue weighted by Gasteiger charge is 2.29. The van der Waals surface area contributed by atoms with E-state index in [2.05, 4.69) is 4.72 Å². The third-order valence-electron chi connectivity index (χ3n) is 2.81. The quantitative estimate of drug-likeness (QED) is 0.820. The molecule has 1 rings (SSSR count). The van der Waals surface area contributed by atoms with Crippen LogP contribution in [0.4, 0.5) is 0 Å². The summed E-state index contributed by atoms with van der Waals surface area (Å²) < 4.78 is 26.2. The predicted octanol–water partition coefficient (Wildman–Crippen LogP) is 1.46. The van der Waals surface area contributed by atoms with E-state index in [4.69, 9.17) is 5.11 Å². The lowest BCUT2D eigenvalue weighted by Gasteiger charge is -2.20. The van der Waals surface area contributed by atoms with Crippen LogP contribution in [0, 0.1) is 5.92 Å². The van der Waals surface area contributed by atoms with Crippen molar-refractivity contribution in [3.05, 3.63) is 30.3 Å². The molecule has 0 aliphatic carbocycles. The van der Waals surface area contributed by atoms with Gasteiger partial charge in [0.1, 0.15) is 6.04 Å². The largest absolute Gasteiger partial charge is 0.480 e. The third-order valence-corrected chi connectivity index (χ3v) is 4.27. The monoisotopic (exact) mass is 271 g/mol. The Hall–Kier alpha value is -1.40. The second kappa shape index (κ2) is 5.97. The van der Waals surface area contributed by atoms with Gasteiger partial charge in [0.2, 0.25) is 10.0 Å². The number of carboxylic acid groups (broad SMARTS) is 1. The second-order valence-electron chi connectivity index (χ2n) is 4.14. The van der Waals surface area contributed by atoms with Crippen LogP contribution in [0.15, 0.2) is 35.2 Å². The first-order valence-corrected chi connectivity index (χ1v) is 7.17. The van der Waals surface area contributed by atoms with Crippen molar-refractivity contribution in [3.8, 4) is 0 Å². The summed E-state index contributed by atoms with van der Waals surface area (Å²) in [5.74, 6) is -1.44. The molecule has 0 fully saturated rings. The maximum Gasteiger partial charge on any atom is 0.322 e. The van der Waals surface area contributed by atoms with E-state index in [1.165, 1.54) is 12.1 Å². The molecule has 0 heterocycles. The zero-order valence-electron chi connectivity index (χ0n) is 10.3. The van der Waals surface area contributed by atoms with Crippen molar-refractivity contribution in [2.45, 2.75) is 31.2 Å². The number of hydrogen-bond donors (Lipinski definition) is 2. The van der Waals surface area contributed by atoms with Crippen molar-refractivity contribution in [1.82, 2.24) is 4.72 Å². The van der Waals surface area contributed by atoms with Crippen LogP contribution in [0.5, 0.6) is 0 Å². The fraction of sp³-hybridized carbons (Fsp3) is 0.417. The maximum absolute atomic E-state index is 12.0. The number of nitrogens with one attached hydrogen (secondary N) is 1. The van der Waals surface area contributed by atoms with E-state index in [-0.39, 0.29) is 10.8 Å². The molecule has 18 heavy (non-hydrogen) atoms. The zero-order valence-corrected chi connectivity index (χ0v) is 11.1. The topological polar surface area (TPSA) is 83.5 Å². The second-order valence-corrected chi connectivity index (χ2v) is 5.85. The Morgan fingerprint density at radius 2 is 1.89 bits per heavy atom. The van der Waals surface area contributed by atoms with Crippen molar-refractivity contribution in [3.63, 3.8) is 0 Å². The Morgan fingerprint density at radius 1 is 1.33 bits per heavy atom. The van der Waals surface area contributed by atoms with Gasteiger partial charge in [-0.25, -0.2) is 8.42 Å². The molecule has 0 saturated heterocycles. The lowest BCUT2D eigenvalue weighted by atomic mass is 10.0. The van der Waals surface area contributed by atoms with Crippen molar-refractivity contribution >= 4 is 16.0 Å². The molecule has 0 unspecified atom stereocenters. The molecular formula is C12H17NO4S. The molecule has 0 spiro atoms. The molecule has 0 aromatic heterocycles. The average Bonchev–Trinajstić information content (AvgIpc) is 2.36. The van der Waals surface area contributed by atoms with Crippen LogP contribution in [-0.4, -0.2) is 25.5 Å². The van der Waals surface area contributed by atoms with Gasteiger partial charge in [-0.15, -0.1) is 0 Å². The van der Waals surface area contributed by atoms with Crippen molar-refractivity contribution < 1.29 is 18.3 Å². The average molecular weight is 271 g/mol. The summed E-state index contributed by atoms with van der Waals surface area (Å²) in [4.78, 5) is 11.2. The highest BCUT2D eigenvalue weighted by atomic mass is 32.2. The van der Waals surface area contributed by atoms with E-state index >= 15 is 0 Å². The van der Waals surface area contributed by atoms with Crippen LogP contribution in [0.2, 0.25) is 0 Å². The van der Waals surface area contributed by atoms with Crippen molar-refractivity contribution in [1.29, 1.82) is 0 Å². The molecule has 6 heteroatoms. The van der Waals surface area contributed by atoms with E-state index in [0.717, 1.165) is 0 Å². The minimum Gasteiger partial charge on any atom is -0.480 e. The fourth-order valence-corrected chi connectivity index (χ4v) is 2.80. The Balaban J connectivity index is 2.97. The number of carboxylic acids is 1. The number of hydrogen-bond acceptors (Lipinski definition) is 3. The van der Waals surface area contributed by atoms with Gasteiger partial charge in [0.15, 0.2) is 0 Å². The molecule has 0 radical (unpaired) electrons. The molecule has 5 nitrogen and oxygen atoms in total. The molecule has 1 aromatic rings. The first-order chi connectivity index (χ1) is 8.38. The van der Waals surface area contributed by atoms with Gasteiger partial charge in [-0.05, 0) is 18.1 Å².